The molecule has 1 aliphatic heterocycles. The number of rotatable bonds is 4. The maximum atomic E-state index is 12.2. The predicted molar refractivity (Wildman–Crippen MR) is 97.1 cm³/mol. The number of esters is 1. The summed E-state index contributed by atoms with van der Waals surface area (Å²) in [4.78, 5) is 33.9. The number of hydrogen-bond acceptors (Lipinski definition) is 7. The molecule has 1 fully saturated rings. The summed E-state index contributed by atoms with van der Waals surface area (Å²) in [6.45, 7) is 10.9. The molecule has 0 bridgehead atoms. The molecule has 0 aliphatic carbocycles. The molecule has 0 aromatic carbocycles. The van der Waals surface area contributed by atoms with Crippen molar-refractivity contribution in [2.45, 2.75) is 58.6 Å². The van der Waals surface area contributed by atoms with Crippen molar-refractivity contribution in [2.24, 2.45) is 0 Å². The van der Waals surface area contributed by atoms with E-state index in [1.807, 2.05) is 20.8 Å². The van der Waals surface area contributed by atoms with E-state index >= 15 is 0 Å². The molecule has 0 radical (unpaired) electrons. The molecule has 2 heterocycles. The molecule has 0 unspecified atom stereocenters. The van der Waals surface area contributed by atoms with Crippen LogP contribution in [0.25, 0.3) is 0 Å². The van der Waals surface area contributed by atoms with E-state index in [9.17, 15) is 9.59 Å². The minimum Gasteiger partial charge on any atom is -0.462 e. The molecule has 1 aromatic rings. The third-order valence-electron chi connectivity index (χ3n) is 4.10. The van der Waals surface area contributed by atoms with E-state index in [-0.39, 0.29) is 11.6 Å². The van der Waals surface area contributed by atoms with Crippen molar-refractivity contribution >= 4 is 18.0 Å². The van der Waals surface area contributed by atoms with E-state index in [4.69, 9.17) is 9.47 Å². The number of anilines is 1. The zero-order valence-electron chi connectivity index (χ0n) is 16.2. The average molecular weight is 364 g/mol. The highest BCUT2D eigenvalue weighted by atomic mass is 16.6. The van der Waals surface area contributed by atoms with Crippen molar-refractivity contribution in [2.75, 3.05) is 25.0 Å². The Labute approximate surface area is 154 Å². The van der Waals surface area contributed by atoms with Gasteiger partial charge in [0.15, 0.2) is 0 Å². The van der Waals surface area contributed by atoms with Crippen LogP contribution in [0.2, 0.25) is 0 Å². The van der Waals surface area contributed by atoms with E-state index in [0.29, 0.717) is 31.2 Å². The van der Waals surface area contributed by atoms with Gasteiger partial charge in [-0.05, 0) is 47.5 Å². The van der Waals surface area contributed by atoms with E-state index < -0.39 is 11.6 Å². The van der Waals surface area contributed by atoms with E-state index in [1.165, 1.54) is 12.4 Å². The summed E-state index contributed by atoms with van der Waals surface area (Å²) >= 11 is 0. The number of amides is 1. The Morgan fingerprint density at radius 3 is 2.31 bits per heavy atom. The molecule has 26 heavy (non-hydrogen) atoms. The van der Waals surface area contributed by atoms with Crippen LogP contribution in [0, 0.1) is 0 Å². The summed E-state index contributed by atoms with van der Waals surface area (Å²) in [5, 5.41) is 3.31. The van der Waals surface area contributed by atoms with Crippen LogP contribution >= 0.6 is 0 Å². The number of nitrogens with zero attached hydrogens (tertiary/aromatic N) is 3. The van der Waals surface area contributed by atoms with Crippen LogP contribution < -0.4 is 5.32 Å². The van der Waals surface area contributed by atoms with Crippen LogP contribution in [0.15, 0.2) is 12.4 Å². The van der Waals surface area contributed by atoms with Crippen LogP contribution in [0.1, 0.15) is 57.8 Å². The number of nitrogens with one attached hydrogen (secondary N) is 1. The van der Waals surface area contributed by atoms with Crippen LogP contribution in [-0.2, 0) is 9.47 Å². The Morgan fingerprint density at radius 2 is 1.81 bits per heavy atom. The first-order chi connectivity index (χ1) is 12.1. The van der Waals surface area contributed by atoms with Crippen molar-refractivity contribution in [1.82, 2.24) is 14.9 Å². The van der Waals surface area contributed by atoms with Gasteiger partial charge in [0.25, 0.3) is 0 Å². The third-order valence-corrected chi connectivity index (χ3v) is 4.10. The molecule has 8 heteroatoms. The van der Waals surface area contributed by atoms with Gasteiger partial charge in [-0.2, -0.15) is 0 Å². The van der Waals surface area contributed by atoms with Gasteiger partial charge in [-0.15, -0.1) is 0 Å². The number of hydrogen-bond donors (Lipinski definition) is 1. The smallest absolute Gasteiger partial charge is 0.410 e. The van der Waals surface area contributed by atoms with Gasteiger partial charge in [0, 0.05) is 31.0 Å². The first-order valence-corrected chi connectivity index (χ1v) is 8.87. The fourth-order valence-electron chi connectivity index (χ4n) is 2.62. The Bertz CT molecular complexity index is 632. The molecule has 1 N–H and O–H groups in total. The van der Waals surface area contributed by atoms with Gasteiger partial charge in [-0.25, -0.2) is 19.6 Å². The number of carbonyl (C=O) groups excluding carboxylic acids is 2. The van der Waals surface area contributed by atoms with Crippen LogP contribution in [0.4, 0.5) is 10.7 Å². The molecule has 144 valence electrons. The molecule has 1 aliphatic rings. The topological polar surface area (TPSA) is 93.7 Å². The highest BCUT2D eigenvalue weighted by molar-refractivity contribution is 5.88. The number of likely N-dealkylation sites (tertiary alicyclic amines) is 1. The standard InChI is InChI=1S/C18H28N4O4/c1-6-25-14(23)13-11-19-15(20-12-13)21-18(5)7-9-22(10-8-18)16(24)26-17(2,3)4/h11-12H,6-10H2,1-5H3,(H,19,20,21). The summed E-state index contributed by atoms with van der Waals surface area (Å²) in [6.07, 6.45) is 4.11. The van der Waals surface area contributed by atoms with Gasteiger partial charge < -0.3 is 19.7 Å². The molecule has 1 saturated heterocycles. The van der Waals surface area contributed by atoms with Crippen molar-refractivity contribution in [3.05, 3.63) is 18.0 Å². The summed E-state index contributed by atoms with van der Waals surface area (Å²) in [5.74, 6) is 0.0159. The average Bonchev–Trinajstić information content (AvgIpc) is 2.54. The maximum absolute atomic E-state index is 12.2. The minimum absolute atomic E-state index is 0.232. The Balaban J connectivity index is 1.91. The van der Waals surface area contributed by atoms with Gasteiger partial charge in [-0.3, -0.25) is 0 Å². The first kappa shape index (κ1) is 19.9. The Kier molecular flexibility index (Phi) is 6.05. The van der Waals surface area contributed by atoms with Crippen molar-refractivity contribution in [3.63, 3.8) is 0 Å². The molecule has 0 spiro atoms. The van der Waals surface area contributed by atoms with Crippen molar-refractivity contribution < 1.29 is 19.1 Å². The van der Waals surface area contributed by atoms with Gasteiger partial charge >= 0.3 is 12.1 Å². The second kappa shape index (κ2) is 7.88. The lowest BCUT2D eigenvalue weighted by Crippen LogP contribution is -2.50. The van der Waals surface area contributed by atoms with E-state index in [1.54, 1.807) is 11.8 Å². The van der Waals surface area contributed by atoms with Gasteiger partial charge in [0.1, 0.15) is 5.60 Å². The Hall–Kier alpha value is -2.38. The van der Waals surface area contributed by atoms with Crippen molar-refractivity contribution in [1.29, 1.82) is 0 Å². The fraction of sp³-hybridized carbons (Fsp3) is 0.667. The number of carbonyl (C=O) groups is 2. The van der Waals surface area contributed by atoms with Crippen LogP contribution in [0.3, 0.4) is 0 Å². The lowest BCUT2D eigenvalue weighted by Gasteiger charge is -2.40. The summed E-state index contributed by atoms with van der Waals surface area (Å²) in [6, 6.07) is 0. The molecule has 2 rings (SSSR count). The quantitative estimate of drug-likeness (QED) is 0.821. The zero-order chi connectivity index (χ0) is 19.4. The molecule has 1 aromatic heterocycles. The van der Waals surface area contributed by atoms with Crippen LogP contribution in [0.5, 0.6) is 0 Å². The molecule has 1 amide bonds. The van der Waals surface area contributed by atoms with Gasteiger partial charge in [0.2, 0.25) is 5.95 Å². The number of piperidine rings is 1. The molecule has 0 saturated carbocycles. The lowest BCUT2D eigenvalue weighted by molar-refractivity contribution is 0.0184. The van der Waals surface area contributed by atoms with Gasteiger partial charge in [-0.1, -0.05) is 0 Å². The third kappa shape index (κ3) is 5.57. The largest absolute Gasteiger partial charge is 0.462 e. The van der Waals surface area contributed by atoms with Crippen molar-refractivity contribution in [3.8, 4) is 0 Å². The highest BCUT2D eigenvalue weighted by Crippen LogP contribution is 2.26. The van der Waals surface area contributed by atoms with Crippen LogP contribution in [-0.4, -0.2) is 57.8 Å². The fourth-order valence-corrected chi connectivity index (χ4v) is 2.62. The molecular formula is C18H28N4O4. The SMILES string of the molecule is CCOC(=O)c1cnc(NC2(C)CCN(C(=O)OC(C)(C)C)CC2)nc1. The number of aromatic nitrogens is 2. The summed E-state index contributed by atoms with van der Waals surface area (Å²) < 4.78 is 10.3. The monoisotopic (exact) mass is 364 g/mol. The highest BCUT2D eigenvalue weighted by Gasteiger charge is 2.34. The van der Waals surface area contributed by atoms with E-state index in [0.717, 1.165) is 12.8 Å². The number of ether oxygens (including phenoxy) is 2. The lowest BCUT2D eigenvalue weighted by atomic mass is 9.90. The van der Waals surface area contributed by atoms with E-state index in [2.05, 4.69) is 22.2 Å². The maximum Gasteiger partial charge on any atom is 0.410 e. The zero-order valence-corrected chi connectivity index (χ0v) is 16.2. The molecule has 0 atom stereocenters. The first-order valence-electron chi connectivity index (χ1n) is 8.87. The normalized spacial score (nSPS) is 16.7. The predicted octanol–water partition coefficient (Wildman–Crippen LogP) is 2.85. The minimum atomic E-state index is -0.495. The summed E-state index contributed by atoms with van der Waals surface area (Å²) in [7, 11) is 0. The molecule has 8 nitrogen and oxygen atoms in total. The summed E-state index contributed by atoms with van der Waals surface area (Å²) in [5.41, 5.74) is -0.406. The molecular weight excluding hydrogens is 336 g/mol. The van der Waals surface area contributed by atoms with Gasteiger partial charge in [0.05, 0.1) is 12.2 Å². The second-order valence-electron chi connectivity index (χ2n) is 7.67. The second-order valence-corrected chi connectivity index (χ2v) is 7.67. The Morgan fingerprint density at radius 1 is 1.23 bits per heavy atom.